The Morgan fingerprint density at radius 2 is 1.07 bits per heavy atom. The van der Waals surface area contributed by atoms with Gasteiger partial charge in [-0.3, -0.25) is 0 Å². The summed E-state index contributed by atoms with van der Waals surface area (Å²) in [5.41, 5.74) is -1.16. The molecule has 30 unspecified atom stereocenters. The maximum absolute atomic E-state index is 12.7. The van der Waals surface area contributed by atoms with E-state index in [1.165, 1.54) is 0 Å². The molecule has 0 bridgehead atoms. The molecule has 0 aromatic carbocycles. The van der Waals surface area contributed by atoms with Crippen LogP contribution in [-0.4, -0.2) is 244 Å². The summed E-state index contributed by atoms with van der Waals surface area (Å²) in [6, 6.07) is 0. The Morgan fingerprint density at radius 1 is 0.553 bits per heavy atom. The Bertz CT molecular complexity index is 1940. The summed E-state index contributed by atoms with van der Waals surface area (Å²) >= 11 is 0. The summed E-state index contributed by atoms with van der Waals surface area (Å²) in [7, 11) is 0. The molecule has 4 heterocycles. The fraction of sp³-hybridized carbons (Fsp3) is 0.962. The average Bonchev–Trinajstić information content (AvgIpc) is 3.92. The summed E-state index contributed by atoms with van der Waals surface area (Å²) in [6.45, 7) is 12.2. The van der Waals surface area contributed by atoms with E-state index in [4.69, 9.17) is 37.9 Å². The van der Waals surface area contributed by atoms with Crippen LogP contribution in [0.3, 0.4) is 0 Å². The fourth-order valence-electron chi connectivity index (χ4n) is 15.6. The van der Waals surface area contributed by atoms with Crippen molar-refractivity contribution in [2.75, 3.05) is 26.4 Å². The quantitative estimate of drug-likeness (QED) is 0.0557. The molecule has 0 radical (unpaired) electrons. The van der Waals surface area contributed by atoms with Crippen molar-refractivity contribution in [2.45, 2.75) is 247 Å². The maximum Gasteiger partial charge on any atom is 0.187 e. The second-order valence-corrected chi connectivity index (χ2v) is 25.0. The largest absolute Gasteiger partial charge is 0.394 e. The van der Waals surface area contributed by atoms with Crippen molar-refractivity contribution in [2.24, 2.45) is 45.8 Å². The van der Waals surface area contributed by atoms with E-state index in [9.17, 15) is 76.6 Å². The van der Waals surface area contributed by atoms with Gasteiger partial charge in [0.25, 0.3) is 0 Å². The van der Waals surface area contributed by atoms with E-state index < -0.39 is 178 Å². The van der Waals surface area contributed by atoms with Gasteiger partial charge in [-0.25, -0.2) is 0 Å². The van der Waals surface area contributed by atoms with Crippen molar-refractivity contribution < 1.29 is 114 Å². The van der Waals surface area contributed by atoms with Crippen LogP contribution in [0.2, 0.25) is 0 Å². The highest BCUT2D eigenvalue weighted by atomic mass is 16.8. The summed E-state index contributed by atoms with van der Waals surface area (Å²) in [5.74, 6) is -0.182. The van der Waals surface area contributed by atoms with E-state index >= 15 is 0 Å². The van der Waals surface area contributed by atoms with Crippen molar-refractivity contribution in [3.8, 4) is 0 Å². The second-order valence-electron chi connectivity index (χ2n) is 25.0. The molecule has 4 saturated carbocycles. The third-order valence-electron chi connectivity index (χ3n) is 20.3. The number of aliphatic hydroxyl groups is 15. The van der Waals surface area contributed by atoms with E-state index in [0.717, 1.165) is 24.8 Å². The second kappa shape index (κ2) is 23.6. The lowest BCUT2D eigenvalue weighted by molar-refractivity contribution is -0.377. The highest BCUT2D eigenvalue weighted by molar-refractivity contribution is 5.18. The number of rotatable bonds is 16. The first kappa shape index (κ1) is 60.9. The number of allylic oxidation sites excluding steroid dienone is 2. The van der Waals surface area contributed by atoms with Crippen LogP contribution in [0.25, 0.3) is 0 Å². The first-order valence-corrected chi connectivity index (χ1v) is 27.5. The van der Waals surface area contributed by atoms with Crippen molar-refractivity contribution in [1.29, 1.82) is 0 Å². The van der Waals surface area contributed by atoms with Crippen LogP contribution < -0.4 is 0 Å². The van der Waals surface area contributed by atoms with Crippen molar-refractivity contribution >= 4 is 0 Å². The van der Waals surface area contributed by atoms with Gasteiger partial charge < -0.3 is 114 Å². The maximum atomic E-state index is 12.7. The van der Waals surface area contributed by atoms with Gasteiger partial charge in [0.15, 0.2) is 25.2 Å². The summed E-state index contributed by atoms with van der Waals surface area (Å²) in [4.78, 5) is 0. The molecule has 0 aromatic rings. The molecular weight excluding hydrogens is 1000 g/mol. The predicted molar refractivity (Wildman–Crippen MR) is 262 cm³/mol. The van der Waals surface area contributed by atoms with Crippen LogP contribution in [0.1, 0.15) is 106 Å². The lowest BCUT2D eigenvalue weighted by Gasteiger charge is -2.67. The van der Waals surface area contributed by atoms with Crippen molar-refractivity contribution in [3.63, 3.8) is 0 Å². The number of hydrogen-bond acceptors (Lipinski definition) is 23. The minimum Gasteiger partial charge on any atom is -0.394 e. The topological polar surface area (TPSA) is 377 Å². The zero-order chi connectivity index (χ0) is 55.7. The molecular formula is C53H90O23. The average molecular weight is 1100 g/mol. The van der Waals surface area contributed by atoms with Crippen LogP contribution in [0, 0.1) is 45.8 Å². The molecule has 30 atom stereocenters. The predicted octanol–water partition coefficient (Wildman–Crippen LogP) is -2.59. The van der Waals surface area contributed by atoms with Gasteiger partial charge in [-0.2, -0.15) is 0 Å². The molecule has 15 N–H and O–H groups in total. The number of fused-ring (bicyclic) bond motifs is 5. The highest BCUT2D eigenvalue weighted by Gasteiger charge is 2.70. The van der Waals surface area contributed by atoms with E-state index in [0.29, 0.717) is 38.5 Å². The zero-order valence-electron chi connectivity index (χ0n) is 44.8. The Labute approximate surface area is 444 Å². The zero-order valence-corrected chi connectivity index (χ0v) is 44.8. The molecule has 4 aliphatic carbocycles. The molecule has 76 heavy (non-hydrogen) atoms. The molecule has 0 aromatic heterocycles. The molecule has 0 spiro atoms. The smallest absolute Gasteiger partial charge is 0.187 e. The van der Waals surface area contributed by atoms with Gasteiger partial charge in [0.1, 0.15) is 97.7 Å². The van der Waals surface area contributed by atoms with Crippen molar-refractivity contribution in [3.05, 3.63) is 11.6 Å². The fourth-order valence-corrected chi connectivity index (χ4v) is 15.6. The van der Waals surface area contributed by atoms with E-state index in [2.05, 4.69) is 33.8 Å². The first-order chi connectivity index (χ1) is 35.7. The van der Waals surface area contributed by atoms with Gasteiger partial charge in [0.2, 0.25) is 0 Å². The molecule has 4 saturated heterocycles. The van der Waals surface area contributed by atoms with Gasteiger partial charge in [-0.1, -0.05) is 39.3 Å². The molecule has 8 fully saturated rings. The van der Waals surface area contributed by atoms with E-state index in [-0.39, 0.29) is 35.0 Å². The van der Waals surface area contributed by atoms with Gasteiger partial charge in [-0.05, 0) is 124 Å². The molecule has 8 rings (SSSR count). The first-order valence-electron chi connectivity index (χ1n) is 27.5. The summed E-state index contributed by atoms with van der Waals surface area (Å²) in [6.07, 6.45) is -24.9. The van der Waals surface area contributed by atoms with Crippen LogP contribution in [-0.2, 0) is 37.9 Å². The Balaban J connectivity index is 0.992. The van der Waals surface area contributed by atoms with E-state index in [1.54, 1.807) is 0 Å². The SMILES string of the molecule is CC(C)=CCCC(C)(OC1OC(COC2OC(CO)C(O)C(O)C2O)C(O)C(O)C1O)C1CCC2(C)C1C(O)CC1C3CCC(OC4OC(CO)C(O)C(O)C4OC4OC(CO)C(O)C(O)C4O)C(C)(C)C3CCC12C. The van der Waals surface area contributed by atoms with Gasteiger partial charge >= 0.3 is 0 Å². The van der Waals surface area contributed by atoms with Gasteiger partial charge in [0, 0.05) is 0 Å². The monoisotopic (exact) mass is 1090 g/mol. The van der Waals surface area contributed by atoms with E-state index in [1.807, 2.05) is 20.8 Å². The number of ether oxygens (including phenoxy) is 8. The molecule has 440 valence electrons. The molecule has 23 nitrogen and oxygen atoms in total. The normalized spacial score (nSPS) is 52.2. The van der Waals surface area contributed by atoms with Gasteiger partial charge in [-0.15, -0.1) is 0 Å². The van der Waals surface area contributed by atoms with Crippen LogP contribution in [0.4, 0.5) is 0 Å². The summed E-state index contributed by atoms with van der Waals surface area (Å²) < 4.78 is 48.8. The third kappa shape index (κ3) is 10.9. The van der Waals surface area contributed by atoms with Crippen molar-refractivity contribution in [1.82, 2.24) is 0 Å². The Morgan fingerprint density at radius 3 is 1.66 bits per heavy atom. The lowest BCUT2D eigenvalue weighted by Crippen LogP contribution is -2.66. The van der Waals surface area contributed by atoms with Crippen LogP contribution >= 0.6 is 0 Å². The molecule has 23 heteroatoms. The molecule has 4 aliphatic heterocycles. The number of aliphatic hydroxyl groups excluding tert-OH is 15. The standard InChI is InChI=1S/C53H90O23/c1-22(2)9-8-14-53(7,76-48-44(68)40(64)37(61)31(73-48)21-69-46-42(66)38(62)34(58)28(18-54)70-46)25-13-16-52(6)33(25)27(57)17-26-23-10-11-32(50(3,4)24(23)12-15-51(26,52)5)74-49-45(41(65)36(60)30(20-56)72-49)75-47-43(67)39(63)35(59)29(19-55)71-47/h9,23-49,54-68H,8,10-21H2,1-7H3. The Hall–Kier alpha value is -1.18. The number of hydrogen-bond donors (Lipinski definition) is 15. The minimum atomic E-state index is -1.81. The Kier molecular flexibility index (Phi) is 18.9. The van der Waals surface area contributed by atoms with Crippen LogP contribution in [0.15, 0.2) is 11.6 Å². The lowest BCUT2D eigenvalue weighted by atomic mass is 9.39. The summed E-state index contributed by atoms with van der Waals surface area (Å²) in [5, 5.41) is 161. The van der Waals surface area contributed by atoms with Crippen LogP contribution in [0.5, 0.6) is 0 Å². The molecule has 8 aliphatic rings. The van der Waals surface area contributed by atoms with Gasteiger partial charge in [0.05, 0.1) is 44.2 Å². The molecule has 0 amide bonds. The highest BCUT2D eigenvalue weighted by Crippen LogP contribution is 2.73. The minimum absolute atomic E-state index is 0.0906. The third-order valence-corrected chi connectivity index (χ3v) is 20.3.